The molecule has 2 rings (SSSR count). The zero-order valence-electron chi connectivity index (χ0n) is 11.6. The number of nitrogens with zero attached hydrogens (tertiary/aromatic N) is 1. The van der Waals surface area contributed by atoms with Gasteiger partial charge in [0.2, 0.25) is 0 Å². The molecule has 2 aromatic rings. The molecule has 1 aromatic heterocycles. The van der Waals surface area contributed by atoms with Gasteiger partial charge in [-0.15, -0.1) is 11.3 Å². The maximum atomic E-state index is 12.2. The summed E-state index contributed by atoms with van der Waals surface area (Å²) in [6.45, 7) is 2.24. The van der Waals surface area contributed by atoms with Gasteiger partial charge in [-0.05, 0) is 18.6 Å². The standard InChI is InChI=1S/C15H16N4OS/c1-10-13(21-15(19-10)12(17)7-8-16)14(20)18-9-11-5-3-2-4-6-11/h2-8,16H,9,17H2,1H3,(H,18,20)/b12-7-,16-8?. The lowest BCUT2D eigenvalue weighted by atomic mass is 10.2. The van der Waals surface area contributed by atoms with E-state index in [4.69, 9.17) is 11.1 Å². The molecule has 0 aliphatic rings. The molecule has 0 radical (unpaired) electrons. The Kier molecular flexibility index (Phi) is 4.84. The summed E-state index contributed by atoms with van der Waals surface area (Å²) in [4.78, 5) is 17.0. The Morgan fingerprint density at radius 1 is 1.43 bits per heavy atom. The lowest BCUT2D eigenvalue weighted by Crippen LogP contribution is -2.22. The van der Waals surface area contributed by atoms with Crippen LogP contribution in [0.25, 0.3) is 5.70 Å². The van der Waals surface area contributed by atoms with Crippen molar-refractivity contribution < 1.29 is 4.79 Å². The molecule has 0 saturated heterocycles. The second-order valence-electron chi connectivity index (χ2n) is 4.39. The second kappa shape index (κ2) is 6.81. The zero-order valence-corrected chi connectivity index (χ0v) is 12.4. The summed E-state index contributed by atoms with van der Waals surface area (Å²) in [5, 5.41) is 10.4. The largest absolute Gasteiger partial charge is 0.396 e. The molecular weight excluding hydrogens is 284 g/mol. The first-order chi connectivity index (χ1) is 10.1. The van der Waals surface area contributed by atoms with Crippen LogP contribution in [0.4, 0.5) is 0 Å². The minimum Gasteiger partial charge on any atom is -0.396 e. The highest BCUT2D eigenvalue weighted by molar-refractivity contribution is 7.14. The van der Waals surface area contributed by atoms with Crippen LogP contribution >= 0.6 is 11.3 Å². The van der Waals surface area contributed by atoms with E-state index in [0.29, 0.717) is 27.8 Å². The lowest BCUT2D eigenvalue weighted by Gasteiger charge is -2.03. The Labute approximate surface area is 127 Å². The number of nitrogens with one attached hydrogen (secondary N) is 2. The van der Waals surface area contributed by atoms with Gasteiger partial charge in [0.1, 0.15) is 9.88 Å². The molecule has 1 heterocycles. The highest BCUT2D eigenvalue weighted by atomic mass is 32.1. The van der Waals surface area contributed by atoms with E-state index >= 15 is 0 Å². The zero-order chi connectivity index (χ0) is 15.2. The van der Waals surface area contributed by atoms with Crippen LogP contribution in [0.3, 0.4) is 0 Å². The quantitative estimate of drug-likeness (QED) is 0.740. The Balaban J connectivity index is 2.09. The third-order valence-electron chi connectivity index (χ3n) is 2.81. The van der Waals surface area contributed by atoms with E-state index in [0.717, 1.165) is 11.8 Å². The predicted molar refractivity (Wildman–Crippen MR) is 85.4 cm³/mol. The molecular formula is C15H16N4OS. The van der Waals surface area contributed by atoms with Crippen LogP contribution in [0.1, 0.15) is 25.9 Å². The van der Waals surface area contributed by atoms with Crippen molar-refractivity contribution >= 4 is 29.2 Å². The van der Waals surface area contributed by atoms with E-state index in [-0.39, 0.29) is 5.91 Å². The molecule has 0 fully saturated rings. The number of rotatable bonds is 5. The van der Waals surface area contributed by atoms with E-state index in [1.807, 2.05) is 30.3 Å². The number of carbonyl (C=O) groups is 1. The summed E-state index contributed by atoms with van der Waals surface area (Å²) in [5.41, 5.74) is 7.85. The van der Waals surface area contributed by atoms with Crippen LogP contribution in [0.5, 0.6) is 0 Å². The second-order valence-corrected chi connectivity index (χ2v) is 5.39. The van der Waals surface area contributed by atoms with E-state index in [1.54, 1.807) is 6.92 Å². The van der Waals surface area contributed by atoms with Gasteiger partial charge in [-0.25, -0.2) is 4.98 Å². The fraction of sp³-hybridized carbons (Fsp3) is 0.133. The van der Waals surface area contributed by atoms with Gasteiger partial charge in [0, 0.05) is 12.8 Å². The first-order valence-corrected chi connectivity index (χ1v) is 7.19. The van der Waals surface area contributed by atoms with Crippen LogP contribution in [-0.2, 0) is 6.54 Å². The Morgan fingerprint density at radius 3 is 2.81 bits per heavy atom. The van der Waals surface area contributed by atoms with Crippen molar-refractivity contribution in [2.75, 3.05) is 0 Å². The van der Waals surface area contributed by atoms with E-state index in [2.05, 4.69) is 10.3 Å². The highest BCUT2D eigenvalue weighted by Gasteiger charge is 2.15. The average Bonchev–Trinajstić information content (AvgIpc) is 2.88. The maximum Gasteiger partial charge on any atom is 0.263 e. The summed E-state index contributed by atoms with van der Waals surface area (Å²) >= 11 is 1.23. The Morgan fingerprint density at radius 2 is 2.14 bits per heavy atom. The summed E-state index contributed by atoms with van der Waals surface area (Å²) in [6.07, 6.45) is 2.55. The van der Waals surface area contributed by atoms with Crippen molar-refractivity contribution in [1.82, 2.24) is 10.3 Å². The molecule has 0 spiro atoms. The third kappa shape index (κ3) is 3.76. The molecule has 0 saturated carbocycles. The molecule has 1 aromatic carbocycles. The third-order valence-corrected chi connectivity index (χ3v) is 4.01. The van der Waals surface area contributed by atoms with Gasteiger partial charge in [0.15, 0.2) is 0 Å². The number of carbonyl (C=O) groups excluding carboxylic acids is 1. The fourth-order valence-corrected chi connectivity index (χ4v) is 2.67. The molecule has 108 valence electrons. The number of benzene rings is 1. The number of nitrogens with two attached hydrogens (primary N) is 1. The molecule has 0 aliphatic carbocycles. The van der Waals surface area contributed by atoms with Gasteiger partial charge in [0.05, 0.1) is 11.4 Å². The molecule has 5 nitrogen and oxygen atoms in total. The number of thiazole rings is 1. The molecule has 0 aliphatic heterocycles. The molecule has 21 heavy (non-hydrogen) atoms. The Bertz CT molecular complexity index is 676. The lowest BCUT2D eigenvalue weighted by molar-refractivity contribution is 0.0954. The molecule has 0 atom stereocenters. The smallest absolute Gasteiger partial charge is 0.263 e. The van der Waals surface area contributed by atoms with Gasteiger partial charge in [-0.2, -0.15) is 0 Å². The van der Waals surface area contributed by atoms with Gasteiger partial charge in [-0.1, -0.05) is 30.3 Å². The Hall–Kier alpha value is -2.47. The molecule has 0 unspecified atom stereocenters. The van der Waals surface area contributed by atoms with Crippen molar-refractivity contribution in [3.8, 4) is 0 Å². The van der Waals surface area contributed by atoms with Crippen LogP contribution in [0.2, 0.25) is 0 Å². The minimum absolute atomic E-state index is 0.164. The first-order valence-electron chi connectivity index (χ1n) is 6.38. The highest BCUT2D eigenvalue weighted by Crippen LogP contribution is 2.21. The number of amides is 1. The van der Waals surface area contributed by atoms with E-state index in [1.165, 1.54) is 17.4 Å². The predicted octanol–water partition coefficient (Wildman–Crippen LogP) is 2.33. The van der Waals surface area contributed by atoms with Crippen molar-refractivity contribution in [2.45, 2.75) is 13.5 Å². The van der Waals surface area contributed by atoms with E-state index in [9.17, 15) is 4.79 Å². The van der Waals surface area contributed by atoms with Crippen LogP contribution in [0.15, 0.2) is 36.4 Å². The number of hydrogen-bond acceptors (Lipinski definition) is 5. The fourth-order valence-electron chi connectivity index (χ4n) is 1.75. The number of aromatic nitrogens is 1. The SMILES string of the molecule is Cc1nc(/C(N)=C/C=N)sc1C(=O)NCc1ccccc1. The number of hydrogen-bond donors (Lipinski definition) is 3. The molecule has 0 bridgehead atoms. The van der Waals surface area contributed by atoms with Crippen molar-refractivity contribution in [1.29, 1.82) is 5.41 Å². The van der Waals surface area contributed by atoms with Gasteiger partial charge < -0.3 is 16.5 Å². The van der Waals surface area contributed by atoms with Crippen LogP contribution in [0, 0.1) is 12.3 Å². The van der Waals surface area contributed by atoms with Gasteiger partial charge in [0.25, 0.3) is 5.91 Å². The van der Waals surface area contributed by atoms with Crippen molar-refractivity contribution in [3.05, 3.63) is 57.6 Å². The number of aryl methyl sites for hydroxylation is 1. The molecule has 4 N–H and O–H groups in total. The molecule has 6 heteroatoms. The van der Waals surface area contributed by atoms with Gasteiger partial charge in [-0.3, -0.25) is 4.79 Å². The topological polar surface area (TPSA) is 91.9 Å². The van der Waals surface area contributed by atoms with E-state index < -0.39 is 0 Å². The number of allylic oxidation sites excluding steroid dienone is 1. The van der Waals surface area contributed by atoms with Crippen molar-refractivity contribution in [3.63, 3.8) is 0 Å². The molecule has 1 amide bonds. The van der Waals surface area contributed by atoms with Crippen LogP contribution in [-0.4, -0.2) is 17.1 Å². The monoisotopic (exact) mass is 300 g/mol. The minimum atomic E-state index is -0.164. The van der Waals surface area contributed by atoms with Crippen molar-refractivity contribution in [2.24, 2.45) is 5.73 Å². The normalized spacial score (nSPS) is 11.2. The summed E-state index contributed by atoms with van der Waals surface area (Å²) in [5.74, 6) is -0.164. The summed E-state index contributed by atoms with van der Waals surface area (Å²) < 4.78 is 0. The van der Waals surface area contributed by atoms with Gasteiger partial charge >= 0.3 is 0 Å². The average molecular weight is 300 g/mol. The summed E-state index contributed by atoms with van der Waals surface area (Å²) in [7, 11) is 0. The first kappa shape index (κ1) is 14.9. The maximum absolute atomic E-state index is 12.2. The van der Waals surface area contributed by atoms with Crippen LogP contribution < -0.4 is 11.1 Å². The summed E-state index contributed by atoms with van der Waals surface area (Å²) in [6, 6.07) is 9.70.